The van der Waals surface area contributed by atoms with E-state index in [0.29, 0.717) is 5.69 Å². The lowest BCUT2D eigenvalue weighted by atomic mass is 9.63. The summed E-state index contributed by atoms with van der Waals surface area (Å²) in [6.45, 7) is 7.63. The van der Waals surface area contributed by atoms with Crippen molar-refractivity contribution in [2.45, 2.75) is 27.7 Å². The molecule has 4 atom stereocenters. The molecule has 1 aliphatic heterocycles. The molecule has 3 aromatic carbocycles. The fraction of sp³-hybridized carbons (Fsp3) is 0.258. The molecule has 3 aromatic rings. The van der Waals surface area contributed by atoms with Crippen LogP contribution in [0, 0.1) is 36.5 Å². The highest BCUT2D eigenvalue weighted by Crippen LogP contribution is 2.73. The Hall–Kier alpha value is -3.79. The van der Waals surface area contributed by atoms with E-state index in [0.717, 1.165) is 33.4 Å². The number of hydrogen-bond donors (Lipinski definition) is 0. The Labute approximate surface area is 205 Å². The van der Waals surface area contributed by atoms with Crippen LogP contribution < -0.4 is 4.90 Å². The van der Waals surface area contributed by atoms with Crippen molar-refractivity contribution in [3.63, 3.8) is 0 Å². The maximum Gasteiger partial charge on any atom is 0.239 e. The van der Waals surface area contributed by atoms with Gasteiger partial charge in [-0.3, -0.25) is 14.4 Å². The molecule has 35 heavy (non-hydrogen) atoms. The number of imide groups is 1. The van der Waals surface area contributed by atoms with Crippen molar-refractivity contribution < 1.29 is 14.4 Å². The van der Waals surface area contributed by atoms with E-state index in [1.165, 1.54) is 4.90 Å². The number of nitrogens with zero attached hydrogens (tertiary/aromatic N) is 1. The van der Waals surface area contributed by atoms with E-state index in [9.17, 15) is 14.4 Å². The van der Waals surface area contributed by atoms with Crippen molar-refractivity contribution in [2.24, 2.45) is 22.7 Å². The molecule has 1 saturated carbocycles. The summed E-state index contributed by atoms with van der Waals surface area (Å²) in [7, 11) is 0. The van der Waals surface area contributed by atoms with Crippen molar-refractivity contribution in [3.05, 3.63) is 101 Å². The van der Waals surface area contributed by atoms with Gasteiger partial charge in [0.25, 0.3) is 0 Å². The summed E-state index contributed by atoms with van der Waals surface area (Å²) in [5.74, 6) is -2.02. The summed E-state index contributed by atoms with van der Waals surface area (Å²) in [5, 5.41) is 0. The summed E-state index contributed by atoms with van der Waals surface area (Å²) in [4.78, 5) is 43.8. The Kier molecular flexibility index (Phi) is 4.41. The number of Topliss-reactive ketones (excluding diaryl/α,β-unsaturated/α-hetero) is 1. The average molecular weight is 462 g/mol. The Morgan fingerprint density at radius 1 is 0.657 bits per heavy atom. The van der Waals surface area contributed by atoms with Gasteiger partial charge in [-0.05, 0) is 67.2 Å². The molecule has 2 fully saturated rings. The maximum absolute atomic E-state index is 14.3. The number of amides is 2. The first-order valence-electron chi connectivity index (χ1n) is 12.1. The lowest BCUT2D eigenvalue weighted by molar-refractivity contribution is -0.133. The van der Waals surface area contributed by atoms with Crippen LogP contribution in [0.5, 0.6) is 0 Å². The summed E-state index contributed by atoms with van der Waals surface area (Å²) in [6, 6.07) is 25.5. The molecule has 0 N–H and O–H groups in total. The van der Waals surface area contributed by atoms with E-state index < -0.39 is 22.7 Å². The highest BCUT2D eigenvalue weighted by atomic mass is 16.2. The Balaban J connectivity index is 1.63. The first kappa shape index (κ1) is 21.7. The Morgan fingerprint density at radius 3 is 1.57 bits per heavy atom. The van der Waals surface area contributed by atoms with E-state index in [-0.39, 0.29) is 17.6 Å². The minimum absolute atomic E-state index is 0.0278. The van der Waals surface area contributed by atoms with Gasteiger partial charge in [-0.25, -0.2) is 4.90 Å². The normalized spacial score (nSPS) is 29.4. The third-order valence-corrected chi connectivity index (χ3v) is 8.51. The lowest BCUT2D eigenvalue weighted by Crippen LogP contribution is -2.40. The number of ketones is 1. The predicted octanol–water partition coefficient (Wildman–Crippen LogP) is 5.63. The van der Waals surface area contributed by atoms with Crippen molar-refractivity contribution >= 4 is 34.4 Å². The number of allylic oxidation sites excluding steroid dienone is 2. The molecule has 0 unspecified atom stereocenters. The van der Waals surface area contributed by atoms with Crippen LogP contribution in [0.2, 0.25) is 0 Å². The Bertz CT molecular complexity index is 1370. The molecule has 174 valence electrons. The second-order valence-corrected chi connectivity index (χ2v) is 10.5. The standard InChI is InChI=1S/C31H27NO3/c1-18-15-16-19(2)22(17-18)32-27(33)25-26(28(32)34)31(4)24(21-13-9-6-10-14-21)23(30(25,3)29(31)35)20-11-7-5-8-12-20/h5-17,25-26H,1-4H3/t25-,26+,30-,31-/m0/s1. The number of fused-ring (bicyclic) bond motifs is 5. The quantitative estimate of drug-likeness (QED) is 0.475. The van der Waals surface area contributed by atoms with Gasteiger partial charge in [0.2, 0.25) is 11.8 Å². The highest BCUT2D eigenvalue weighted by molar-refractivity contribution is 6.34. The monoisotopic (exact) mass is 461 g/mol. The third-order valence-electron chi connectivity index (χ3n) is 8.51. The first-order chi connectivity index (χ1) is 16.7. The second kappa shape index (κ2) is 7.11. The predicted molar refractivity (Wildman–Crippen MR) is 136 cm³/mol. The van der Waals surface area contributed by atoms with Crippen molar-refractivity contribution in [3.8, 4) is 0 Å². The molecular formula is C31H27NO3. The van der Waals surface area contributed by atoms with Gasteiger partial charge < -0.3 is 0 Å². The smallest absolute Gasteiger partial charge is 0.239 e. The van der Waals surface area contributed by atoms with Crippen LogP contribution in [-0.4, -0.2) is 17.6 Å². The highest BCUT2D eigenvalue weighted by Gasteiger charge is 2.78. The molecule has 4 heteroatoms. The zero-order valence-corrected chi connectivity index (χ0v) is 20.3. The number of hydrogen-bond acceptors (Lipinski definition) is 3. The van der Waals surface area contributed by atoms with Gasteiger partial charge in [-0.2, -0.15) is 0 Å². The lowest BCUT2D eigenvalue weighted by Gasteiger charge is -2.35. The number of anilines is 1. The fourth-order valence-corrected chi connectivity index (χ4v) is 7.01. The van der Waals surface area contributed by atoms with Crippen LogP contribution in [0.15, 0.2) is 78.9 Å². The fourth-order valence-electron chi connectivity index (χ4n) is 7.01. The molecule has 3 aliphatic rings. The summed E-state index contributed by atoms with van der Waals surface area (Å²) in [6.07, 6.45) is 0. The molecule has 0 aromatic heterocycles. The largest absolute Gasteiger partial charge is 0.298 e. The van der Waals surface area contributed by atoms with Gasteiger partial charge in [0.1, 0.15) is 0 Å². The summed E-state index contributed by atoms with van der Waals surface area (Å²) < 4.78 is 0. The van der Waals surface area contributed by atoms with Gasteiger partial charge in [0.05, 0.1) is 28.4 Å². The summed E-state index contributed by atoms with van der Waals surface area (Å²) >= 11 is 0. The van der Waals surface area contributed by atoms with Gasteiger partial charge in [-0.1, -0.05) is 72.8 Å². The number of aryl methyl sites for hydroxylation is 2. The first-order valence-corrected chi connectivity index (χ1v) is 12.1. The van der Waals surface area contributed by atoms with Crippen LogP contribution in [0.4, 0.5) is 5.69 Å². The second-order valence-electron chi connectivity index (χ2n) is 10.5. The topological polar surface area (TPSA) is 54.5 Å². The molecule has 0 radical (unpaired) electrons. The van der Waals surface area contributed by atoms with E-state index in [4.69, 9.17) is 0 Å². The van der Waals surface area contributed by atoms with Crippen LogP contribution in [-0.2, 0) is 14.4 Å². The van der Waals surface area contributed by atoms with Crippen LogP contribution in [0.1, 0.15) is 36.1 Å². The molecule has 6 rings (SSSR count). The number of rotatable bonds is 3. The SMILES string of the molecule is Cc1ccc(C)c(N2C(=O)[C@@H]3[C@H](C2=O)[C@@]2(C)C(=O)[C@@]3(C)C(c3ccccc3)=C2c2ccccc2)c1. The van der Waals surface area contributed by atoms with Gasteiger partial charge >= 0.3 is 0 Å². The number of carbonyl (C=O) groups excluding carboxylic acids is 3. The van der Waals surface area contributed by atoms with Crippen LogP contribution in [0.25, 0.3) is 11.1 Å². The van der Waals surface area contributed by atoms with Gasteiger partial charge in [0, 0.05) is 0 Å². The van der Waals surface area contributed by atoms with E-state index >= 15 is 0 Å². The van der Waals surface area contributed by atoms with Crippen LogP contribution in [0.3, 0.4) is 0 Å². The summed E-state index contributed by atoms with van der Waals surface area (Å²) in [5.41, 5.74) is 3.89. The van der Waals surface area contributed by atoms with E-state index in [2.05, 4.69) is 0 Å². The third kappa shape index (κ3) is 2.54. The molecule has 2 aliphatic carbocycles. The minimum atomic E-state index is -1.09. The van der Waals surface area contributed by atoms with Crippen molar-refractivity contribution in [1.29, 1.82) is 0 Å². The molecule has 4 nitrogen and oxygen atoms in total. The molecule has 1 saturated heterocycles. The number of carbonyl (C=O) groups is 3. The Morgan fingerprint density at radius 2 is 1.11 bits per heavy atom. The van der Waals surface area contributed by atoms with E-state index in [1.807, 2.05) is 107 Å². The minimum Gasteiger partial charge on any atom is -0.298 e. The zero-order chi connectivity index (χ0) is 24.7. The van der Waals surface area contributed by atoms with Crippen molar-refractivity contribution in [1.82, 2.24) is 0 Å². The number of benzene rings is 3. The van der Waals surface area contributed by atoms with Crippen LogP contribution >= 0.6 is 0 Å². The molecule has 0 spiro atoms. The van der Waals surface area contributed by atoms with Crippen molar-refractivity contribution in [2.75, 3.05) is 4.90 Å². The molecule has 2 bridgehead atoms. The zero-order valence-electron chi connectivity index (χ0n) is 20.3. The van der Waals surface area contributed by atoms with E-state index in [1.54, 1.807) is 0 Å². The molecule has 1 heterocycles. The van der Waals surface area contributed by atoms with Gasteiger partial charge in [0.15, 0.2) is 5.78 Å². The molecular weight excluding hydrogens is 434 g/mol. The maximum atomic E-state index is 14.3. The van der Waals surface area contributed by atoms with Gasteiger partial charge in [-0.15, -0.1) is 0 Å². The molecule has 2 amide bonds. The average Bonchev–Trinajstić information content (AvgIpc) is 3.31.